The van der Waals surface area contributed by atoms with Gasteiger partial charge in [0.25, 0.3) is 5.91 Å². The molecule has 4 atom stereocenters. The lowest BCUT2D eigenvalue weighted by Crippen LogP contribution is -2.48. The third-order valence-corrected chi connectivity index (χ3v) is 9.72. The van der Waals surface area contributed by atoms with Crippen molar-refractivity contribution >= 4 is 29.9 Å². The molecule has 0 aliphatic carbocycles. The number of pyridine rings is 1. The molecule has 5 N–H and O–H groups in total. The lowest BCUT2D eigenvalue weighted by Gasteiger charge is -2.29. The van der Waals surface area contributed by atoms with Crippen molar-refractivity contribution < 1.29 is 33.4 Å². The molecule has 1 saturated heterocycles. The van der Waals surface area contributed by atoms with Gasteiger partial charge in [-0.1, -0.05) is 91.0 Å². The fourth-order valence-corrected chi connectivity index (χ4v) is 6.65. The van der Waals surface area contributed by atoms with Crippen LogP contribution in [0, 0.1) is 0 Å². The van der Waals surface area contributed by atoms with Crippen LogP contribution in [0.1, 0.15) is 65.3 Å². The maximum Gasteiger partial charge on any atom is 0.407 e. The third kappa shape index (κ3) is 9.80. The molecule has 1 fully saturated rings. The molecule has 0 spiro atoms. The van der Waals surface area contributed by atoms with Crippen molar-refractivity contribution in [1.82, 2.24) is 41.1 Å². The molecule has 57 heavy (non-hydrogen) atoms. The average Bonchev–Trinajstić information content (AvgIpc) is 3.95. The Morgan fingerprint density at radius 2 is 1.33 bits per heavy atom. The second-order valence-electron chi connectivity index (χ2n) is 13.4. The van der Waals surface area contributed by atoms with Gasteiger partial charge in [0.1, 0.15) is 23.6 Å². The van der Waals surface area contributed by atoms with E-state index >= 15 is 0 Å². The van der Waals surface area contributed by atoms with Crippen LogP contribution in [0.3, 0.4) is 0 Å². The van der Waals surface area contributed by atoms with Gasteiger partial charge >= 0.3 is 12.2 Å². The van der Waals surface area contributed by atoms with Gasteiger partial charge in [0.15, 0.2) is 0 Å². The molecular formula is C42H44N8O7. The van der Waals surface area contributed by atoms with Crippen molar-refractivity contribution in [2.24, 2.45) is 0 Å². The molecular weight excluding hydrogens is 729 g/mol. The van der Waals surface area contributed by atoms with Gasteiger partial charge in [-0.2, -0.15) is 0 Å². The Morgan fingerprint density at radius 1 is 0.737 bits per heavy atom. The number of benzene rings is 3. The van der Waals surface area contributed by atoms with Crippen LogP contribution in [0.4, 0.5) is 9.59 Å². The number of rotatable bonds is 13. The number of nitrogens with zero attached hydrogens (tertiary/aromatic N) is 3. The first-order valence-corrected chi connectivity index (χ1v) is 18.4. The second kappa shape index (κ2) is 18.5. The first-order chi connectivity index (χ1) is 27.6. The van der Waals surface area contributed by atoms with Gasteiger partial charge < -0.3 is 40.6 Å². The summed E-state index contributed by atoms with van der Waals surface area (Å²) in [6, 6.07) is 26.4. The number of nitrogens with one attached hydrogen (secondary N) is 5. The number of methoxy groups -OCH3 is 2. The molecule has 15 heteroatoms. The van der Waals surface area contributed by atoms with Crippen LogP contribution in [0.25, 0.3) is 22.4 Å². The highest BCUT2D eigenvalue weighted by atomic mass is 16.5. The SMILES string of the molecule is COC(=O)N[C@@H](C(=O)N[C@@H](C)c1ncc(-c2ccc(-c3ccc(C(=O)NC[C@@H]4CCCN4C(=O)[C@H](NC(=O)OC)c4ccccc4)nc3)cc2)[nH]1)c1ccccc1. The van der Waals surface area contributed by atoms with Gasteiger partial charge in [-0.15, -0.1) is 0 Å². The maximum atomic E-state index is 13.7. The molecule has 15 nitrogen and oxygen atoms in total. The molecule has 294 valence electrons. The summed E-state index contributed by atoms with van der Waals surface area (Å²) in [5.74, 6) is -0.523. The minimum atomic E-state index is -0.959. The summed E-state index contributed by atoms with van der Waals surface area (Å²) in [5.41, 5.74) is 4.78. The lowest BCUT2D eigenvalue weighted by atomic mass is 10.0. The summed E-state index contributed by atoms with van der Waals surface area (Å²) in [6.07, 6.45) is 3.36. The summed E-state index contributed by atoms with van der Waals surface area (Å²) < 4.78 is 9.48. The van der Waals surface area contributed by atoms with E-state index in [1.54, 1.807) is 78.8 Å². The zero-order chi connectivity index (χ0) is 40.3. The van der Waals surface area contributed by atoms with E-state index < -0.39 is 36.2 Å². The number of hydrogen-bond acceptors (Lipinski definition) is 9. The number of imidazole rings is 1. The number of alkyl carbamates (subject to hydrolysis) is 2. The third-order valence-electron chi connectivity index (χ3n) is 9.72. The van der Waals surface area contributed by atoms with E-state index in [1.807, 2.05) is 42.5 Å². The zero-order valence-electron chi connectivity index (χ0n) is 31.7. The van der Waals surface area contributed by atoms with Crippen molar-refractivity contribution in [3.63, 3.8) is 0 Å². The average molecular weight is 773 g/mol. The molecule has 5 aromatic rings. The van der Waals surface area contributed by atoms with Crippen molar-refractivity contribution in [2.45, 2.75) is 43.9 Å². The molecule has 1 aliphatic heterocycles. The second-order valence-corrected chi connectivity index (χ2v) is 13.4. The van der Waals surface area contributed by atoms with Gasteiger partial charge in [-0.25, -0.2) is 14.6 Å². The van der Waals surface area contributed by atoms with Crippen LogP contribution in [0.5, 0.6) is 0 Å². The highest BCUT2D eigenvalue weighted by molar-refractivity contribution is 5.93. The van der Waals surface area contributed by atoms with E-state index in [2.05, 4.69) is 36.2 Å². The maximum absolute atomic E-state index is 13.7. The Labute approximate surface area is 329 Å². The number of hydrogen-bond donors (Lipinski definition) is 5. The van der Waals surface area contributed by atoms with Crippen LogP contribution < -0.4 is 21.3 Å². The standard InChI is InChI=1S/C42H44N8O7/c1-26(46-39(52)35(48-41(54)56-2)29-11-6-4-7-12-29)37-44-25-34(47-37)28-18-16-27(17-19-28)31-20-21-33(43-23-31)38(51)45-24-32-15-10-22-50(32)40(53)36(49-42(55)57-3)30-13-8-5-9-14-30/h4-9,11-14,16-21,23,25-26,32,35-36H,10,15,22,24H2,1-3H3,(H,44,47)(H,45,51)(H,46,52)(H,48,54)(H,49,55)/t26-,32-,35+,36+/m0/s1. The van der Waals surface area contributed by atoms with Gasteiger partial charge in [0.05, 0.1) is 32.2 Å². The minimum absolute atomic E-state index is 0.233. The van der Waals surface area contributed by atoms with Gasteiger partial charge in [-0.3, -0.25) is 19.4 Å². The molecule has 3 aromatic carbocycles. The number of likely N-dealkylation sites (tertiary alicyclic amines) is 1. The van der Waals surface area contributed by atoms with E-state index in [1.165, 1.54) is 14.2 Å². The molecule has 0 radical (unpaired) electrons. The lowest BCUT2D eigenvalue weighted by molar-refractivity contribution is -0.134. The van der Waals surface area contributed by atoms with Crippen molar-refractivity contribution in [3.8, 4) is 22.4 Å². The molecule has 5 amide bonds. The number of carbonyl (C=O) groups excluding carboxylic acids is 5. The monoisotopic (exact) mass is 772 g/mol. The molecule has 3 heterocycles. The number of aromatic amines is 1. The van der Waals surface area contributed by atoms with Crippen LogP contribution in [-0.2, 0) is 19.1 Å². The summed E-state index contributed by atoms with van der Waals surface area (Å²) >= 11 is 0. The van der Waals surface area contributed by atoms with Crippen LogP contribution in [-0.4, -0.2) is 83.1 Å². The molecule has 6 rings (SSSR count). The van der Waals surface area contributed by atoms with Crippen molar-refractivity contribution in [2.75, 3.05) is 27.3 Å². The largest absolute Gasteiger partial charge is 0.453 e. The van der Waals surface area contributed by atoms with Crippen LogP contribution in [0.2, 0.25) is 0 Å². The van der Waals surface area contributed by atoms with Gasteiger partial charge in [0.2, 0.25) is 11.8 Å². The molecule has 0 unspecified atom stereocenters. The first-order valence-electron chi connectivity index (χ1n) is 18.4. The van der Waals surface area contributed by atoms with Crippen LogP contribution in [0.15, 0.2) is 109 Å². The number of aromatic nitrogens is 3. The van der Waals surface area contributed by atoms with E-state index in [-0.39, 0.29) is 30.1 Å². The van der Waals surface area contributed by atoms with Crippen molar-refractivity contribution in [3.05, 3.63) is 132 Å². The summed E-state index contributed by atoms with van der Waals surface area (Å²) in [5, 5.41) is 11.1. The number of ether oxygens (including phenoxy) is 2. The van der Waals surface area contributed by atoms with E-state index in [9.17, 15) is 24.0 Å². The summed E-state index contributed by atoms with van der Waals surface area (Å²) in [7, 11) is 2.48. The first kappa shape index (κ1) is 39.7. The highest BCUT2D eigenvalue weighted by Crippen LogP contribution is 2.26. The molecule has 1 aliphatic rings. The molecule has 0 bridgehead atoms. The predicted molar refractivity (Wildman–Crippen MR) is 210 cm³/mol. The Kier molecular flexibility index (Phi) is 12.9. The number of carbonyl (C=O) groups is 5. The Morgan fingerprint density at radius 3 is 1.95 bits per heavy atom. The van der Waals surface area contributed by atoms with Gasteiger partial charge in [0, 0.05) is 30.9 Å². The fourth-order valence-electron chi connectivity index (χ4n) is 6.65. The Hall–Kier alpha value is -7.03. The Bertz CT molecular complexity index is 2160. The highest BCUT2D eigenvalue weighted by Gasteiger charge is 2.35. The molecule has 0 saturated carbocycles. The quantitative estimate of drug-likeness (QED) is 0.106. The summed E-state index contributed by atoms with van der Waals surface area (Å²) in [4.78, 5) is 77.9. The summed E-state index contributed by atoms with van der Waals surface area (Å²) in [6.45, 7) is 2.53. The predicted octanol–water partition coefficient (Wildman–Crippen LogP) is 5.23. The zero-order valence-corrected chi connectivity index (χ0v) is 31.7. The smallest absolute Gasteiger partial charge is 0.407 e. The van der Waals surface area contributed by atoms with E-state index in [0.29, 0.717) is 29.9 Å². The number of H-pyrrole nitrogens is 1. The van der Waals surface area contributed by atoms with Crippen molar-refractivity contribution in [1.29, 1.82) is 0 Å². The Balaban J connectivity index is 1.04. The minimum Gasteiger partial charge on any atom is -0.453 e. The van der Waals surface area contributed by atoms with E-state index in [0.717, 1.165) is 28.8 Å². The number of amides is 5. The van der Waals surface area contributed by atoms with E-state index in [4.69, 9.17) is 9.47 Å². The normalized spacial score (nSPS) is 15.1. The van der Waals surface area contributed by atoms with Gasteiger partial charge in [-0.05, 0) is 48.1 Å². The molecule has 2 aromatic heterocycles. The topological polar surface area (TPSA) is 197 Å². The van der Waals surface area contributed by atoms with Crippen LogP contribution >= 0.6 is 0 Å². The fraction of sp³-hybridized carbons (Fsp3) is 0.262.